The second-order valence-corrected chi connectivity index (χ2v) is 7.10. The predicted octanol–water partition coefficient (Wildman–Crippen LogP) is 3.00. The number of nitrogens with one attached hydrogen (secondary N) is 2. The molecule has 7 heteroatoms. The lowest BCUT2D eigenvalue weighted by molar-refractivity contribution is 0.0428. The van der Waals surface area contributed by atoms with Gasteiger partial charge in [-0.05, 0) is 63.4 Å². The maximum absolute atomic E-state index is 10.7. The summed E-state index contributed by atoms with van der Waals surface area (Å²) in [6.07, 6.45) is 1.82. The number of guanidine groups is 1. The molecule has 29 heavy (non-hydrogen) atoms. The Morgan fingerprint density at radius 1 is 1.14 bits per heavy atom. The number of methoxy groups -OCH3 is 2. The summed E-state index contributed by atoms with van der Waals surface area (Å²) in [6.45, 7) is 7.26. The fraction of sp³-hybridized carbons (Fsp3) is 0.500. The first-order valence-electron chi connectivity index (χ1n) is 9.92. The summed E-state index contributed by atoms with van der Waals surface area (Å²) in [6, 6.07) is 9.59. The Balaban J connectivity index is 1.88. The summed E-state index contributed by atoms with van der Waals surface area (Å²) >= 11 is 0. The molecule has 0 amide bonds. The number of benzene rings is 1. The van der Waals surface area contributed by atoms with Crippen molar-refractivity contribution in [2.24, 2.45) is 4.99 Å². The SMILES string of the molecule is CCNC(=NCC(C)(O)c1ccc(C)o1)NCCCc1ccc(OC)c(OC)c1. The third-order valence-electron chi connectivity index (χ3n) is 4.54. The van der Waals surface area contributed by atoms with Gasteiger partial charge in [-0.25, -0.2) is 4.99 Å². The molecule has 0 spiro atoms. The molecule has 1 unspecified atom stereocenters. The minimum absolute atomic E-state index is 0.199. The van der Waals surface area contributed by atoms with Crippen molar-refractivity contribution in [2.75, 3.05) is 33.9 Å². The molecule has 0 aliphatic rings. The molecule has 0 saturated carbocycles. The Morgan fingerprint density at radius 3 is 2.52 bits per heavy atom. The van der Waals surface area contributed by atoms with Gasteiger partial charge in [0.2, 0.25) is 0 Å². The predicted molar refractivity (Wildman–Crippen MR) is 115 cm³/mol. The van der Waals surface area contributed by atoms with Crippen LogP contribution in [0.15, 0.2) is 39.7 Å². The zero-order chi connectivity index (χ0) is 21.3. The minimum atomic E-state index is -1.16. The first kappa shape index (κ1) is 22.6. The molecule has 0 radical (unpaired) electrons. The number of aliphatic imine (C=N–C) groups is 1. The molecule has 1 aromatic heterocycles. The van der Waals surface area contributed by atoms with Gasteiger partial charge in [-0.1, -0.05) is 6.07 Å². The van der Waals surface area contributed by atoms with Crippen molar-refractivity contribution in [3.05, 3.63) is 47.4 Å². The quantitative estimate of drug-likeness (QED) is 0.321. The third kappa shape index (κ3) is 6.71. The van der Waals surface area contributed by atoms with Gasteiger partial charge in [-0.3, -0.25) is 0 Å². The van der Waals surface area contributed by atoms with Crippen molar-refractivity contribution in [1.82, 2.24) is 10.6 Å². The lowest BCUT2D eigenvalue weighted by atomic mass is 10.0. The average molecular weight is 404 g/mol. The smallest absolute Gasteiger partial charge is 0.191 e. The van der Waals surface area contributed by atoms with Crippen molar-refractivity contribution >= 4 is 5.96 Å². The second-order valence-electron chi connectivity index (χ2n) is 7.10. The number of rotatable bonds is 10. The van der Waals surface area contributed by atoms with E-state index in [-0.39, 0.29) is 6.54 Å². The summed E-state index contributed by atoms with van der Waals surface area (Å²) in [5.74, 6) is 3.42. The van der Waals surface area contributed by atoms with Crippen LogP contribution in [0, 0.1) is 6.92 Å². The van der Waals surface area contributed by atoms with E-state index in [1.807, 2.05) is 38.1 Å². The highest BCUT2D eigenvalue weighted by molar-refractivity contribution is 5.79. The van der Waals surface area contributed by atoms with Crippen LogP contribution < -0.4 is 20.1 Å². The fourth-order valence-electron chi connectivity index (χ4n) is 2.91. The Morgan fingerprint density at radius 2 is 1.90 bits per heavy atom. The maximum Gasteiger partial charge on any atom is 0.191 e. The second kappa shape index (κ2) is 10.8. The van der Waals surface area contributed by atoms with Crippen molar-refractivity contribution in [3.8, 4) is 11.5 Å². The van der Waals surface area contributed by atoms with E-state index in [1.54, 1.807) is 27.2 Å². The van der Waals surface area contributed by atoms with E-state index in [4.69, 9.17) is 13.9 Å². The summed E-state index contributed by atoms with van der Waals surface area (Å²) < 4.78 is 16.2. The zero-order valence-electron chi connectivity index (χ0n) is 18.0. The largest absolute Gasteiger partial charge is 0.493 e. The molecule has 2 rings (SSSR count). The zero-order valence-corrected chi connectivity index (χ0v) is 18.0. The summed E-state index contributed by atoms with van der Waals surface area (Å²) in [5.41, 5.74) is 0.0264. The minimum Gasteiger partial charge on any atom is -0.493 e. The van der Waals surface area contributed by atoms with Gasteiger partial charge in [-0.2, -0.15) is 0 Å². The van der Waals surface area contributed by atoms with E-state index in [2.05, 4.69) is 15.6 Å². The van der Waals surface area contributed by atoms with E-state index >= 15 is 0 Å². The highest BCUT2D eigenvalue weighted by Gasteiger charge is 2.26. The lowest BCUT2D eigenvalue weighted by Gasteiger charge is -2.19. The number of furan rings is 1. The van der Waals surface area contributed by atoms with Crippen LogP contribution in [0.1, 0.15) is 37.4 Å². The fourth-order valence-corrected chi connectivity index (χ4v) is 2.91. The lowest BCUT2D eigenvalue weighted by Crippen LogP contribution is -2.39. The molecule has 1 heterocycles. The number of hydrogen-bond donors (Lipinski definition) is 3. The molecule has 1 aromatic carbocycles. The van der Waals surface area contributed by atoms with Crippen LogP contribution >= 0.6 is 0 Å². The van der Waals surface area contributed by atoms with Gasteiger partial charge in [-0.15, -0.1) is 0 Å². The van der Waals surface area contributed by atoms with Crippen molar-refractivity contribution < 1.29 is 19.0 Å². The molecular weight excluding hydrogens is 370 g/mol. The number of ether oxygens (including phenoxy) is 2. The third-order valence-corrected chi connectivity index (χ3v) is 4.54. The van der Waals surface area contributed by atoms with Crippen molar-refractivity contribution in [2.45, 2.75) is 39.2 Å². The van der Waals surface area contributed by atoms with Gasteiger partial charge in [0.1, 0.15) is 17.1 Å². The van der Waals surface area contributed by atoms with Crippen LogP contribution in [-0.4, -0.2) is 44.9 Å². The molecule has 160 valence electrons. The first-order chi connectivity index (χ1) is 13.9. The van der Waals surface area contributed by atoms with Crippen LogP contribution in [-0.2, 0) is 12.0 Å². The highest BCUT2D eigenvalue weighted by Crippen LogP contribution is 2.28. The van der Waals surface area contributed by atoms with Crippen LogP contribution in [0.25, 0.3) is 0 Å². The van der Waals surface area contributed by atoms with Gasteiger partial charge in [0.15, 0.2) is 17.5 Å². The first-order valence-corrected chi connectivity index (χ1v) is 9.92. The molecule has 7 nitrogen and oxygen atoms in total. The Labute approximate surface area is 173 Å². The monoisotopic (exact) mass is 403 g/mol. The molecule has 3 N–H and O–H groups in total. The molecule has 0 fully saturated rings. The topological polar surface area (TPSA) is 88.3 Å². The number of hydrogen-bond acceptors (Lipinski definition) is 5. The Bertz CT molecular complexity index is 799. The molecular formula is C22H33N3O4. The highest BCUT2D eigenvalue weighted by atomic mass is 16.5. The van der Waals surface area contributed by atoms with E-state index in [0.29, 0.717) is 11.7 Å². The van der Waals surface area contributed by atoms with Gasteiger partial charge in [0, 0.05) is 13.1 Å². The molecule has 0 aliphatic carbocycles. The van der Waals surface area contributed by atoms with E-state index < -0.39 is 5.60 Å². The van der Waals surface area contributed by atoms with Crippen LogP contribution in [0.3, 0.4) is 0 Å². The van der Waals surface area contributed by atoms with Crippen molar-refractivity contribution in [3.63, 3.8) is 0 Å². The Hall–Kier alpha value is -2.67. The van der Waals surface area contributed by atoms with Gasteiger partial charge < -0.3 is 29.6 Å². The summed E-state index contributed by atoms with van der Waals surface area (Å²) in [4.78, 5) is 4.51. The van der Waals surface area contributed by atoms with Gasteiger partial charge in [0.05, 0.1) is 20.8 Å². The van der Waals surface area contributed by atoms with Crippen LogP contribution in [0.5, 0.6) is 11.5 Å². The van der Waals surface area contributed by atoms with E-state index in [9.17, 15) is 5.11 Å². The molecule has 0 bridgehead atoms. The Kier molecular flexibility index (Phi) is 8.39. The van der Waals surface area contributed by atoms with Crippen LogP contribution in [0.4, 0.5) is 0 Å². The molecule has 0 aliphatic heterocycles. The molecule has 2 aromatic rings. The average Bonchev–Trinajstić information content (AvgIpc) is 3.16. The summed E-state index contributed by atoms with van der Waals surface area (Å²) in [5, 5.41) is 17.2. The van der Waals surface area contributed by atoms with E-state index in [1.165, 1.54) is 5.56 Å². The van der Waals surface area contributed by atoms with Crippen molar-refractivity contribution in [1.29, 1.82) is 0 Å². The molecule has 0 saturated heterocycles. The summed E-state index contributed by atoms with van der Waals surface area (Å²) in [7, 11) is 3.27. The van der Waals surface area contributed by atoms with Gasteiger partial charge in [0.25, 0.3) is 0 Å². The van der Waals surface area contributed by atoms with Crippen LogP contribution in [0.2, 0.25) is 0 Å². The molecule has 1 atom stereocenters. The number of aryl methyl sites for hydroxylation is 2. The van der Waals surface area contributed by atoms with E-state index in [0.717, 1.165) is 43.2 Å². The maximum atomic E-state index is 10.7. The van der Waals surface area contributed by atoms with Gasteiger partial charge >= 0.3 is 0 Å². The standard InChI is InChI=1S/C22H33N3O4/c1-6-23-21(25-15-22(3,26)20-12-9-16(2)29-20)24-13-7-8-17-10-11-18(27-4)19(14-17)28-5/h9-12,14,26H,6-8,13,15H2,1-5H3,(H2,23,24,25). The normalized spacial score (nSPS) is 13.7. The number of nitrogens with zero attached hydrogens (tertiary/aromatic N) is 1. The number of aliphatic hydroxyl groups is 1.